The fourth-order valence-corrected chi connectivity index (χ4v) is 2.36. The molecule has 1 aliphatic rings. The number of fused-ring (bicyclic) bond motifs is 1. The van der Waals surface area contributed by atoms with Crippen molar-refractivity contribution in [1.29, 1.82) is 0 Å². The number of carbonyl (C=O) groups excluding carboxylic acids is 1. The largest absolute Gasteiger partial charge is 0.483 e. The Bertz CT molecular complexity index is 512. The minimum atomic E-state index is -0.115. The molecule has 108 valence electrons. The van der Waals surface area contributed by atoms with Gasteiger partial charge < -0.3 is 15.3 Å². The van der Waals surface area contributed by atoms with Gasteiger partial charge in [-0.25, -0.2) is 0 Å². The van der Waals surface area contributed by atoms with E-state index in [2.05, 4.69) is 10.5 Å². The van der Waals surface area contributed by atoms with Gasteiger partial charge in [0.1, 0.15) is 5.75 Å². The highest BCUT2D eigenvalue weighted by molar-refractivity contribution is 6.02. The molecule has 0 aromatic heterocycles. The molecule has 0 heterocycles. The number of rotatable bonds is 5. The Labute approximate surface area is 118 Å². The van der Waals surface area contributed by atoms with Crippen molar-refractivity contribution < 1.29 is 14.7 Å². The zero-order valence-corrected chi connectivity index (χ0v) is 11.7. The molecule has 0 saturated carbocycles. The number of nitrogens with one attached hydrogen (secondary N) is 1. The number of hydrogen-bond acceptors (Lipinski definition) is 4. The lowest BCUT2D eigenvalue weighted by Crippen LogP contribution is -2.29. The molecule has 0 unspecified atom stereocenters. The van der Waals surface area contributed by atoms with Gasteiger partial charge in [0.05, 0.1) is 5.71 Å². The second-order valence-electron chi connectivity index (χ2n) is 4.82. The summed E-state index contributed by atoms with van der Waals surface area (Å²) < 4.78 is 5.61. The van der Waals surface area contributed by atoms with Crippen LogP contribution in [0.25, 0.3) is 0 Å². The molecule has 2 rings (SSSR count). The molecule has 5 nitrogen and oxygen atoms in total. The third-order valence-electron chi connectivity index (χ3n) is 3.34. The van der Waals surface area contributed by atoms with E-state index in [0.717, 1.165) is 36.8 Å². The molecule has 0 atom stereocenters. The number of carbonyl (C=O) groups is 1. The lowest BCUT2D eigenvalue weighted by Gasteiger charge is -2.20. The quantitative estimate of drug-likeness (QED) is 0.639. The van der Waals surface area contributed by atoms with Crippen LogP contribution >= 0.6 is 0 Å². The second kappa shape index (κ2) is 6.93. The number of hydrogen-bond donors (Lipinski definition) is 2. The number of benzene rings is 1. The van der Waals surface area contributed by atoms with Crippen LogP contribution in [-0.2, 0) is 11.2 Å². The molecule has 0 spiro atoms. The Kier molecular flexibility index (Phi) is 4.98. The number of oxime groups is 1. The summed E-state index contributed by atoms with van der Waals surface area (Å²) in [6.45, 7) is 2.68. The van der Waals surface area contributed by atoms with Gasteiger partial charge in [0.15, 0.2) is 6.61 Å². The molecule has 0 bridgehead atoms. The topological polar surface area (TPSA) is 70.9 Å². The van der Waals surface area contributed by atoms with Gasteiger partial charge in [-0.3, -0.25) is 4.79 Å². The number of nitrogens with zero attached hydrogens (tertiary/aromatic N) is 1. The molecular formula is C15H20N2O3. The zero-order valence-electron chi connectivity index (χ0n) is 11.7. The first-order chi connectivity index (χ1) is 9.76. The summed E-state index contributed by atoms with van der Waals surface area (Å²) in [6, 6.07) is 5.63. The van der Waals surface area contributed by atoms with Gasteiger partial charge in [0, 0.05) is 17.7 Å². The van der Waals surface area contributed by atoms with Crippen molar-refractivity contribution in [2.24, 2.45) is 5.16 Å². The van der Waals surface area contributed by atoms with E-state index in [1.807, 2.05) is 25.1 Å². The average molecular weight is 276 g/mol. The minimum absolute atomic E-state index is 0.0159. The minimum Gasteiger partial charge on any atom is -0.483 e. The van der Waals surface area contributed by atoms with Crippen LogP contribution in [-0.4, -0.2) is 30.0 Å². The van der Waals surface area contributed by atoms with Crippen molar-refractivity contribution in [2.45, 2.75) is 32.6 Å². The summed E-state index contributed by atoms with van der Waals surface area (Å²) in [5.74, 6) is 0.589. The van der Waals surface area contributed by atoms with Crippen LogP contribution in [0.2, 0.25) is 0 Å². The van der Waals surface area contributed by atoms with E-state index in [1.54, 1.807) is 0 Å². The van der Waals surface area contributed by atoms with E-state index in [0.29, 0.717) is 18.0 Å². The zero-order chi connectivity index (χ0) is 14.4. The van der Waals surface area contributed by atoms with E-state index in [4.69, 9.17) is 9.94 Å². The van der Waals surface area contributed by atoms with Crippen LogP contribution in [0.3, 0.4) is 0 Å². The van der Waals surface area contributed by atoms with Crippen LogP contribution in [0.15, 0.2) is 23.4 Å². The summed E-state index contributed by atoms with van der Waals surface area (Å²) in [5.41, 5.74) is 2.63. The van der Waals surface area contributed by atoms with E-state index in [1.165, 1.54) is 0 Å². The van der Waals surface area contributed by atoms with E-state index in [-0.39, 0.29) is 12.5 Å². The van der Waals surface area contributed by atoms with Gasteiger partial charge in [0.25, 0.3) is 5.91 Å². The molecule has 1 aliphatic carbocycles. The Hall–Kier alpha value is -2.04. The first kappa shape index (κ1) is 14.4. The van der Waals surface area contributed by atoms with Gasteiger partial charge in [-0.2, -0.15) is 0 Å². The average Bonchev–Trinajstić information content (AvgIpc) is 2.50. The summed E-state index contributed by atoms with van der Waals surface area (Å²) in [6.07, 6.45) is 3.47. The first-order valence-corrected chi connectivity index (χ1v) is 6.99. The smallest absolute Gasteiger partial charge is 0.257 e. The van der Waals surface area contributed by atoms with Gasteiger partial charge in [-0.15, -0.1) is 0 Å². The summed E-state index contributed by atoms with van der Waals surface area (Å²) in [7, 11) is 0. The predicted octanol–water partition coefficient (Wildman–Crippen LogP) is 2.11. The van der Waals surface area contributed by atoms with E-state index in [9.17, 15) is 4.79 Å². The number of amides is 1. The molecule has 0 aliphatic heterocycles. The van der Waals surface area contributed by atoms with Gasteiger partial charge in [0.2, 0.25) is 0 Å². The first-order valence-electron chi connectivity index (χ1n) is 6.99. The lowest BCUT2D eigenvalue weighted by atomic mass is 9.89. The maximum atomic E-state index is 11.6. The van der Waals surface area contributed by atoms with Crippen molar-refractivity contribution in [1.82, 2.24) is 5.32 Å². The highest BCUT2D eigenvalue weighted by Gasteiger charge is 2.19. The third kappa shape index (κ3) is 3.29. The Morgan fingerprint density at radius 1 is 1.45 bits per heavy atom. The molecule has 0 fully saturated rings. The highest BCUT2D eigenvalue weighted by Crippen LogP contribution is 2.29. The molecule has 20 heavy (non-hydrogen) atoms. The third-order valence-corrected chi connectivity index (χ3v) is 3.34. The summed E-state index contributed by atoms with van der Waals surface area (Å²) in [5, 5.41) is 15.1. The Balaban J connectivity index is 2.08. The van der Waals surface area contributed by atoms with Crippen LogP contribution in [0.4, 0.5) is 0 Å². The number of ether oxygens (including phenoxy) is 1. The van der Waals surface area contributed by atoms with Crippen LogP contribution < -0.4 is 10.1 Å². The predicted molar refractivity (Wildman–Crippen MR) is 76.5 cm³/mol. The molecular weight excluding hydrogens is 256 g/mol. The summed E-state index contributed by atoms with van der Waals surface area (Å²) in [4.78, 5) is 11.6. The molecule has 1 aromatic carbocycles. The van der Waals surface area contributed by atoms with Gasteiger partial charge in [-0.1, -0.05) is 24.2 Å². The molecule has 5 heteroatoms. The fourth-order valence-electron chi connectivity index (χ4n) is 2.36. The summed E-state index contributed by atoms with van der Waals surface area (Å²) >= 11 is 0. The van der Waals surface area contributed by atoms with Crippen LogP contribution in [0.5, 0.6) is 5.75 Å². The van der Waals surface area contributed by atoms with Crippen molar-refractivity contribution in [3.05, 3.63) is 29.3 Å². The van der Waals surface area contributed by atoms with Gasteiger partial charge >= 0.3 is 0 Å². The van der Waals surface area contributed by atoms with Crippen LogP contribution in [0, 0.1) is 0 Å². The second-order valence-corrected chi connectivity index (χ2v) is 4.82. The van der Waals surface area contributed by atoms with Gasteiger partial charge in [-0.05, 0) is 31.7 Å². The normalized spacial score (nSPS) is 15.8. The SMILES string of the molecule is CCCNC(=O)COc1cccc2c1CCCC2=NO. The fraction of sp³-hybridized carbons (Fsp3) is 0.467. The van der Waals surface area contributed by atoms with E-state index >= 15 is 0 Å². The van der Waals surface area contributed by atoms with E-state index < -0.39 is 0 Å². The Morgan fingerprint density at radius 3 is 3.05 bits per heavy atom. The Morgan fingerprint density at radius 2 is 2.30 bits per heavy atom. The lowest BCUT2D eigenvalue weighted by molar-refractivity contribution is -0.123. The van der Waals surface area contributed by atoms with Crippen molar-refractivity contribution >= 4 is 11.6 Å². The molecule has 0 saturated heterocycles. The molecule has 1 aromatic rings. The molecule has 2 N–H and O–H groups in total. The highest BCUT2D eigenvalue weighted by atomic mass is 16.5. The molecule has 1 amide bonds. The van der Waals surface area contributed by atoms with Crippen molar-refractivity contribution in [3.63, 3.8) is 0 Å². The van der Waals surface area contributed by atoms with Crippen molar-refractivity contribution in [2.75, 3.05) is 13.2 Å². The monoisotopic (exact) mass is 276 g/mol. The maximum absolute atomic E-state index is 11.6. The standard InChI is InChI=1S/C15H20N2O3/c1-2-9-16-15(18)10-20-14-8-4-5-11-12(14)6-3-7-13(11)17-19/h4-5,8,19H,2-3,6-7,9-10H2,1H3,(H,16,18). The van der Waals surface area contributed by atoms with Crippen LogP contribution in [0.1, 0.15) is 37.3 Å². The maximum Gasteiger partial charge on any atom is 0.257 e. The van der Waals surface area contributed by atoms with Crippen molar-refractivity contribution in [3.8, 4) is 5.75 Å². The molecule has 0 radical (unpaired) electrons.